The molecule has 0 bridgehead atoms. The molecule has 0 aromatic heterocycles. The molecule has 0 N–H and O–H groups in total. The van der Waals surface area contributed by atoms with Crippen LogP contribution in [-0.4, -0.2) is 20.3 Å². The Hall–Kier alpha value is 0.867. The molecule has 0 heterocycles. The van der Waals surface area contributed by atoms with Crippen molar-refractivity contribution in [1.82, 2.24) is 0 Å². The van der Waals surface area contributed by atoms with Crippen molar-refractivity contribution >= 4 is 27.9 Å². The molecule has 0 fully saturated rings. The molecule has 0 unspecified atom stereocenters. The molecule has 0 rings (SSSR count). The molecule has 0 saturated heterocycles. The summed E-state index contributed by atoms with van der Waals surface area (Å²) in [5.41, 5.74) is 0. The molecule has 0 aliphatic carbocycles. The van der Waals surface area contributed by atoms with Crippen molar-refractivity contribution in [3.63, 3.8) is 0 Å². The van der Waals surface area contributed by atoms with Crippen LogP contribution in [0.5, 0.6) is 0 Å². The standard InChI is InChI=1S/C8H19IO2Si/c1-4-5-6-7-8-12(9,10-2)11-3/h4-8H2,1-3H3. The van der Waals surface area contributed by atoms with Crippen molar-refractivity contribution in [2.75, 3.05) is 14.2 Å². The summed E-state index contributed by atoms with van der Waals surface area (Å²) in [5, 5.41) is 0. The lowest BCUT2D eigenvalue weighted by Crippen LogP contribution is -2.31. The predicted octanol–water partition coefficient (Wildman–Crippen LogP) is 3.23. The van der Waals surface area contributed by atoms with Crippen LogP contribution < -0.4 is 0 Å². The van der Waals surface area contributed by atoms with E-state index in [1.165, 1.54) is 25.7 Å². The lowest BCUT2D eigenvalue weighted by Gasteiger charge is -2.19. The van der Waals surface area contributed by atoms with Gasteiger partial charge < -0.3 is 8.85 Å². The maximum atomic E-state index is 5.37. The molecule has 0 aromatic rings. The van der Waals surface area contributed by atoms with Crippen molar-refractivity contribution < 1.29 is 8.85 Å². The highest BCUT2D eigenvalue weighted by atomic mass is 127. The van der Waals surface area contributed by atoms with E-state index in [1.54, 1.807) is 14.2 Å². The van der Waals surface area contributed by atoms with Gasteiger partial charge in [0.25, 0.3) is 0 Å². The van der Waals surface area contributed by atoms with E-state index in [-0.39, 0.29) is 0 Å². The molecule has 0 aliphatic rings. The van der Waals surface area contributed by atoms with Crippen LogP contribution in [0.25, 0.3) is 0 Å². The average Bonchev–Trinajstić information content (AvgIpc) is 2.12. The zero-order valence-corrected chi connectivity index (χ0v) is 11.4. The first kappa shape index (κ1) is 12.9. The third-order valence-corrected chi connectivity index (χ3v) is 8.37. The molecule has 0 saturated carbocycles. The molecule has 0 aliphatic heterocycles. The van der Waals surface area contributed by atoms with Crippen molar-refractivity contribution in [3.8, 4) is 0 Å². The Bertz CT molecular complexity index is 107. The van der Waals surface area contributed by atoms with Gasteiger partial charge in [0.1, 0.15) is 0 Å². The van der Waals surface area contributed by atoms with Crippen molar-refractivity contribution in [2.24, 2.45) is 0 Å². The number of hydrogen-bond donors (Lipinski definition) is 0. The summed E-state index contributed by atoms with van der Waals surface area (Å²) in [5.74, 6) is 0. The fourth-order valence-electron chi connectivity index (χ4n) is 1.05. The average molecular weight is 302 g/mol. The highest BCUT2D eigenvalue weighted by molar-refractivity contribution is 14.1. The summed E-state index contributed by atoms with van der Waals surface area (Å²) in [7, 11) is 3.50. The van der Waals surface area contributed by atoms with Gasteiger partial charge in [-0.1, -0.05) is 32.6 Å². The van der Waals surface area contributed by atoms with E-state index >= 15 is 0 Å². The van der Waals surface area contributed by atoms with Gasteiger partial charge in [-0.2, -0.15) is 0 Å². The minimum Gasteiger partial charge on any atom is -0.390 e. The second kappa shape index (κ2) is 7.29. The van der Waals surface area contributed by atoms with Gasteiger partial charge in [-0.25, -0.2) is 0 Å². The van der Waals surface area contributed by atoms with Gasteiger partial charge in [0.15, 0.2) is 0 Å². The lowest BCUT2D eigenvalue weighted by atomic mass is 10.2. The van der Waals surface area contributed by atoms with E-state index in [2.05, 4.69) is 28.7 Å². The first-order valence-corrected chi connectivity index (χ1v) is 9.61. The molecule has 12 heavy (non-hydrogen) atoms. The third kappa shape index (κ3) is 5.50. The van der Waals surface area contributed by atoms with Gasteiger partial charge >= 0.3 is 6.06 Å². The van der Waals surface area contributed by atoms with Gasteiger partial charge in [0.05, 0.1) is 0 Å². The van der Waals surface area contributed by atoms with Gasteiger partial charge in [-0.15, -0.1) is 0 Å². The van der Waals surface area contributed by atoms with Gasteiger partial charge in [-0.05, 0) is 21.8 Å². The summed E-state index contributed by atoms with van der Waals surface area (Å²) in [6.45, 7) is 2.22. The summed E-state index contributed by atoms with van der Waals surface area (Å²) >= 11 is 2.35. The maximum Gasteiger partial charge on any atom is 0.407 e. The van der Waals surface area contributed by atoms with Crippen LogP contribution >= 0.6 is 21.8 Å². The Balaban J connectivity index is 3.45. The van der Waals surface area contributed by atoms with Gasteiger partial charge in [-0.3, -0.25) is 0 Å². The smallest absolute Gasteiger partial charge is 0.390 e. The molecule has 74 valence electrons. The summed E-state index contributed by atoms with van der Waals surface area (Å²) in [6.07, 6.45) is 5.16. The van der Waals surface area contributed by atoms with Gasteiger partial charge in [0, 0.05) is 20.3 Å². The summed E-state index contributed by atoms with van der Waals surface area (Å²) < 4.78 is 10.7. The molecule has 0 amide bonds. The van der Waals surface area contributed by atoms with E-state index in [4.69, 9.17) is 8.85 Å². The fraction of sp³-hybridized carbons (Fsp3) is 1.00. The number of unbranched alkanes of at least 4 members (excludes halogenated alkanes) is 3. The van der Waals surface area contributed by atoms with Crippen LogP contribution in [0.3, 0.4) is 0 Å². The lowest BCUT2D eigenvalue weighted by molar-refractivity contribution is 0.271. The van der Waals surface area contributed by atoms with Crippen LogP contribution in [0.2, 0.25) is 6.04 Å². The SMILES string of the molecule is CCCCCC[Si](I)(OC)OC. The van der Waals surface area contributed by atoms with Crippen LogP contribution in [-0.2, 0) is 8.85 Å². The molecular formula is C8H19IO2Si. The molecule has 0 aromatic carbocycles. The van der Waals surface area contributed by atoms with E-state index in [0.717, 1.165) is 6.04 Å². The van der Waals surface area contributed by atoms with E-state index in [1.807, 2.05) is 0 Å². The number of halogens is 1. The number of rotatable bonds is 7. The molecule has 0 radical (unpaired) electrons. The van der Waals surface area contributed by atoms with Crippen LogP contribution in [0.1, 0.15) is 32.6 Å². The van der Waals surface area contributed by atoms with Crippen molar-refractivity contribution in [1.29, 1.82) is 0 Å². The Labute approximate surface area is 89.5 Å². The van der Waals surface area contributed by atoms with Crippen LogP contribution in [0, 0.1) is 0 Å². The van der Waals surface area contributed by atoms with Crippen molar-refractivity contribution in [3.05, 3.63) is 0 Å². The van der Waals surface area contributed by atoms with Crippen molar-refractivity contribution in [2.45, 2.75) is 38.7 Å². The second-order valence-corrected chi connectivity index (χ2v) is 10.4. The second-order valence-electron chi connectivity index (χ2n) is 2.88. The normalized spacial score (nSPS) is 12.0. The topological polar surface area (TPSA) is 18.5 Å². The number of hydrogen-bond acceptors (Lipinski definition) is 2. The first-order chi connectivity index (χ1) is 5.68. The molecule has 4 heteroatoms. The Morgan fingerprint density at radius 2 is 1.67 bits per heavy atom. The molecular weight excluding hydrogens is 283 g/mol. The Morgan fingerprint density at radius 1 is 1.08 bits per heavy atom. The largest absolute Gasteiger partial charge is 0.407 e. The highest BCUT2D eigenvalue weighted by Crippen LogP contribution is 2.23. The highest BCUT2D eigenvalue weighted by Gasteiger charge is 2.30. The minimum absolute atomic E-state index is 1.11. The third-order valence-electron chi connectivity index (χ3n) is 1.94. The summed E-state index contributed by atoms with van der Waals surface area (Å²) in [6, 6.07) is -0.666. The van der Waals surface area contributed by atoms with Crippen LogP contribution in [0.15, 0.2) is 0 Å². The molecule has 2 nitrogen and oxygen atoms in total. The van der Waals surface area contributed by atoms with E-state index in [0.29, 0.717) is 0 Å². The Kier molecular flexibility index (Phi) is 7.81. The zero-order valence-electron chi connectivity index (χ0n) is 8.23. The summed E-state index contributed by atoms with van der Waals surface area (Å²) in [4.78, 5) is 0. The Morgan fingerprint density at radius 3 is 2.08 bits per heavy atom. The fourth-order valence-corrected chi connectivity index (χ4v) is 3.44. The quantitative estimate of drug-likeness (QED) is 0.311. The predicted molar refractivity (Wildman–Crippen MR) is 62.7 cm³/mol. The van der Waals surface area contributed by atoms with Gasteiger partial charge in [0.2, 0.25) is 0 Å². The first-order valence-electron chi connectivity index (χ1n) is 4.47. The monoisotopic (exact) mass is 302 g/mol. The minimum atomic E-state index is -1.78. The molecule has 0 spiro atoms. The molecule has 0 atom stereocenters. The zero-order chi connectivity index (χ0) is 9.45. The maximum absolute atomic E-state index is 5.37. The van der Waals surface area contributed by atoms with E-state index in [9.17, 15) is 0 Å². The van der Waals surface area contributed by atoms with E-state index < -0.39 is 6.06 Å². The van der Waals surface area contributed by atoms with Crippen LogP contribution in [0.4, 0.5) is 0 Å².